The van der Waals surface area contributed by atoms with Crippen LogP contribution in [0.4, 0.5) is 0 Å². The van der Waals surface area contributed by atoms with Crippen molar-refractivity contribution in [3.63, 3.8) is 0 Å². The van der Waals surface area contributed by atoms with Gasteiger partial charge in [0.15, 0.2) is 0 Å². The van der Waals surface area contributed by atoms with Crippen LogP contribution in [0, 0.1) is 0 Å². The average Bonchev–Trinajstić information content (AvgIpc) is 1.86. The third-order valence-electron chi connectivity index (χ3n) is 0.705. The number of phosphoric ester groups is 1. The Morgan fingerprint density at radius 1 is 1.82 bits per heavy atom. The lowest BCUT2D eigenvalue weighted by molar-refractivity contribution is 0.186. The van der Waals surface area contributed by atoms with Gasteiger partial charge in [0.25, 0.3) is 0 Å². The van der Waals surface area contributed by atoms with E-state index in [0.717, 1.165) is 5.54 Å². The summed E-state index contributed by atoms with van der Waals surface area (Å²) < 4.78 is 19.6. The summed E-state index contributed by atoms with van der Waals surface area (Å²) in [6, 6.07) is 0. The molecule has 0 saturated heterocycles. The van der Waals surface area contributed by atoms with E-state index in [4.69, 9.17) is 16.5 Å². The highest BCUT2D eigenvalue weighted by Gasteiger charge is 2.21. The topological polar surface area (TPSA) is 55.8 Å². The lowest BCUT2D eigenvalue weighted by Crippen LogP contribution is -1.92. The van der Waals surface area contributed by atoms with Gasteiger partial charge in [0, 0.05) is 5.54 Å². The molecule has 0 saturated carbocycles. The minimum absolute atomic E-state index is 0.114. The summed E-state index contributed by atoms with van der Waals surface area (Å²) in [5.74, 6) is 0.144. The van der Waals surface area contributed by atoms with Crippen LogP contribution >= 0.6 is 19.4 Å². The van der Waals surface area contributed by atoms with Gasteiger partial charge in [-0.1, -0.05) is 11.6 Å². The van der Waals surface area contributed by atoms with Crippen LogP contribution in [0.5, 0.6) is 0 Å². The van der Waals surface area contributed by atoms with Gasteiger partial charge >= 0.3 is 7.82 Å². The third-order valence-corrected chi connectivity index (χ3v) is 2.12. The van der Waals surface area contributed by atoms with Crippen LogP contribution in [-0.2, 0) is 13.6 Å². The molecule has 1 unspecified atom stereocenters. The fourth-order valence-corrected chi connectivity index (χ4v) is 1.29. The molecule has 1 N–H and O–H groups in total. The number of halogens is 1. The van der Waals surface area contributed by atoms with E-state index in [1.807, 2.05) is 0 Å². The van der Waals surface area contributed by atoms with E-state index in [1.165, 1.54) is 6.92 Å². The summed E-state index contributed by atoms with van der Waals surface area (Å²) in [4.78, 5) is 8.83. The van der Waals surface area contributed by atoms with Crippen molar-refractivity contribution >= 4 is 19.4 Å². The lowest BCUT2D eigenvalue weighted by atomic mass is 10.7. The Morgan fingerprint density at radius 3 is 2.73 bits per heavy atom. The van der Waals surface area contributed by atoms with Gasteiger partial charge in [0.2, 0.25) is 0 Å². The fraction of sp³-hybridized carbons (Fsp3) is 0.600. The van der Waals surface area contributed by atoms with Crippen LogP contribution in [0.1, 0.15) is 13.8 Å². The molecule has 0 amide bonds. The summed E-state index contributed by atoms with van der Waals surface area (Å²) in [5.41, 5.74) is 1.06. The summed E-state index contributed by atoms with van der Waals surface area (Å²) in [7, 11) is -3.92. The predicted molar refractivity (Wildman–Crippen MR) is 42.1 cm³/mol. The molecule has 1 atom stereocenters. The molecule has 0 bridgehead atoms. The monoisotopic (exact) mass is 200 g/mol. The third kappa shape index (κ3) is 5.27. The van der Waals surface area contributed by atoms with Gasteiger partial charge in [0.1, 0.15) is 5.76 Å². The van der Waals surface area contributed by atoms with Gasteiger partial charge in [-0.25, -0.2) is 4.57 Å². The molecule has 0 rings (SSSR count). The summed E-state index contributed by atoms with van der Waals surface area (Å²) in [5, 5.41) is 0. The highest BCUT2D eigenvalue weighted by atomic mass is 35.5. The van der Waals surface area contributed by atoms with Crippen LogP contribution in [0.3, 0.4) is 0 Å². The van der Waals surface area contributed by atoms with Crippen molar-refractivity contribution in [2.45, 2.75) is 13.8 Å². The van der Waals surface area contributed by atoms with Crippen molar-refractivity contribution < 1.29 is 18.5 Å². The Morgan fingerprint density at radius 2 is 2.36 bits per heavy atom. The van der Waals surface area contributed by atoms with E-state index in [-0.39, 0.29) is 12.4 Å². The molecule has 0 radical (unpaired) electrons. The number of hydrogen-bond donors (Lipinski definition) is 1. The first kappa shape index (κ1) is 11.0. The molecule has 0 aromatic rings. The second-order valence-corrected chi connectivity index (χ2v) is 3.29. The lowest BCUT2D eigenvalue weighted by Gasteiger charge is -2.10. The molecule has 0 heterocycles. The molecular formula is C5H10ClO4P. The molecule has 66 valence electrons. The quantitative estimate of drug-likeness (QED) is 0.559. The molecule has 0 aromatic carbocycles. The number of rotatable bonds is 4. The van der Waals surface area contributed by atoms with Gasteiger partial charge in [-0.05, 0) is 13.8 Å². The standard InChI is InChI=1S/C5H10ClO4P/c1-3-9-11(7,8)10-5(2)4-6/h4H,3H2,1-2H3,(H,7,8)/b5-4+. The minimum Gasteiger partial charge on any atom is -0.408 e. The molecule has 0 aliphatic rings. The molecule has 0 fully saturated rings. The maximum atomic E-state index is 10.8. The minimum atomic E-state index is -3.92. The zero-order valence-corrected chi connectivity index (χ0v) is 7.93. The maximum absolute atomic E-state index is 10.8. The predicted octanol–water partition coefficient (Wildman–Crippen LogP) is 2.24. The molecular weight excluding hydrogens is 190 g/mol. The Hall–Kier alpha value is -0.0200. The summed E-state index contributed by atoms with van der Waals surface area (Å²) >= 11 is 5.18. The van der Waals surface area contributed by atoms with Crippen molar-refractivity contribution in [1.82, 2.24) is 0 Å². The van der Waals surface area contributed by atoms with Crippen LogP contribution in [0.15, 0.2) is 11.3 Å². The zero-order valence-electron chi connectivity index (χ0n) is 6.28. The van der Waals surface area contributed by atoms with Crippen molar-refractivity contribution in [1.29, 1.82) is 0 Å². The van der Waals surface area contributed by atoms with Gasteiger partial charge in [-0.2, -0.15) is 0 Å². The Labute approximate surface area is 70.4 Å². The van der Waals surface area contributed by atoms with Crippen LogP contribution in [-0.4, -0.2) is 11.5 Å². The van der Waals surface area contributed by atoms with Crippen molar-refractivity contribution in [3.05, 3.63) is 11.3 Å². The molecule has 0 aliphatic heterocycles. The van der Waals surface area contributed by atoms with E-state index in [9.17, 15) is 4.57 Å². The van der Waals surface area contributed by atoms with Gasteiger partial charge in [0.05, 0.1) is 6.61 Å². The fourth-order valence-electron chi connectivity index (χ4n) is 0.391. The highest BCUT2D eigenvalue weighted by Crippen LogP contribution is 2.45. The number of phosphoric acid groups is 1. The summed E-state index contributed by atoms with van der Waals surface area (Å²) in [6.45, 7) is 3.16. The SMILES string of the molecule is CCOP(=O)(O)O/C(C)=C/Cl. The summed E-state index contributed by atoms with van der Waals surface area (Å²) in [6.07, 6.45) is 0. The molecule has 0 aromatic heterocycles. The first-order valence-corrected chi connectivity index (χ1v) is 4.89. The second kappa shape index (κ2) is 4.78. The van der Waals surface area contributed by atoms with Gasteiger partial charge in [-0.3, -0.25) is 9.42 Å². The van der Waals surface area contributed by atoms with Crippen LogP contribution in [0.25, 0.3) is 0 Å². The van der Waals surface area contributed by atoms with Crippen LogP contribution < -0.4 is 0 Å². The highest BCUT2D eigenvalue weighted by molar-refractivity contribution is 7.47. The Kier molecular flexibility index (Phi) is 4.77. The van der Waals surface area contributed by atoms with Crippen molar-refractivity contribution in [3.8, 4) is 0 Å². The first-order chi connectivity index (χ1) is 5.02. The van der Waals surface area contributed by atoms with Crippen LogP contribution in [0.2, 0.25) is 0 Å². The first-order valence-electron chi connectivity index (χ1n) is 2.95. The molecule has 0 spiro atoms. The van der Waals surface area contributed by atoms with E-state index >= 15 is 0 Å². The smallest absolute Gasteiger partial charge is 0.408 e. The number of allylic oxidation sites excluding steroid dienone is 1. The molecule has 6 heteroatoms. The van der Waals surface area contributed by atoms with Gasteiger partial charge < -0.3 is 4.52 Å². The van der Waals surface area contributed by atoms with E-state index in [2.05, 4.69) is 9.05 Å². The largest absolute Gasteiger partial charge is 0.527 e. The van der Waals surface area contributed by atoms with Gasteiger partial charge in [-0.15, -0.1) is 0 Å². The van der Waals surface area contributed by atoms with E-state index in [0.29, 0.717) is 0 Å². The van der Waals surface area contributed by atoms with Crippen molar-refractivity contribution in [2.24, 2.45) is 0 Å². The Bertz CT molecular complexity index is 191. The van der Waals surface area contributed by atoms with E-state index in [1.54, 1.807) is 6.92 Å². The molecule has 0 aliphatic carbocycles. The number of hydrogen-bond acceptors (Lipinski definition) is 3. The zero-order chi connectivity index (χ0) is 8.91. The molecule has 4 nitrogen and oxygen atoms in total. The van der Waals surface area contributed by atoms with E-state index < -0.39 is 7.82 Å². The Balaban J connectivity index is 4.02. The van der Waals surface area contributed by atoms with Crippen molar-refractivity contribution in [2.75, 3.05) is 6.61 Å². The average molecular weight is 201 g/mol. The normalized spacial score (nSPS) is 17.6. The second-order valence-electron chi connectivity index (χ2n) is 1.70. The molecule has 11 heavy (non-hydrogen) atoms. The maximum Gasteiger partial charge on any atom is 0.527 e.